The van der Waals surface area contributed by atoms with Crippen LogP contribution < -0.4 is 10.6 Å². The summed E-state index contributed by atoms with van der Waals surface area (Å²) in [5.41, 5.74) is 0. The van der Waals surface area contributed by atoms with Gasteiger partial charge in [-0.05, 0) is 13.2 Å². The van der Waals surface area contributed by atoms with E-state index in [2.05, 4.69) is 23.8 Å². The highest BCUT2D eigenvalue weighted by Crippen LogP contribution is 2.02. The highest BCUT2D eigenvalue weighted by atomic mass is 32.2. The Labute approximate surface area is 78.7 Å². The number of hydrogen-bond acceptors (Lipinski definition) is 3. The Morgan fingerprint density at radius 1 is 1.50 bits per heavy atom. The molecule has 0 heterocycles. The van der Waals surface area contributed by atoms with Crippen molar-refractivity contribution in [1.29, 1.82) is 0 Å². The molecule has 0 aliphatic heterocycles. The van der Waals surface area contributed by atoms with E-state index in [4.69, 9.17) is 0 Å². The molecule has 2 atom stereocenters. The topological polar surface area (TPSA) is 41.1 Å². The molecule has 0 aliphatic carbocycles. The maximum Gasteiger partial charge on any atom is 0.236 e. The Morgan fingerprint density at radius 2 is 2.08 bits per heavy atom. The lowest BCUT2D eigenvalue weighted by molar-refractivity contribution is -0.122. The van der Waals surface area contributed by atoms with E-state index in [1.807, 2.05) is 6.92 Å². The summed E-state index contributed by atoms with van der Waals surface area (Å²) < 4.78 is 0. The summed E-state index contributed by atoms with van der Waals surface area (Å²) in [5.74, 6) is 0.0447. The van der Waals surface area contributed by atoms with E-state index >= 15 is 0 Å². The summed E-state index contributed by atoms with van der Waals surface area (Å²) in [6.45, 7) is 4.87. The van der Waals surface area contributed by atoms with Crippen LogP contribution in [-0.4, -0.2) is 37.0 Å². The van der Waals surface area contributed by atoms with Crippen LogP contribution in [0.5, 0.6) is 0 Å². The first-order valence-electron chi connectivity index (χ1n) is 4.09. The summed E-state index contributed by atoms with van der Waals surface area (Å²) in [6.07, 6.45) is 2.07. The molecule has 0 aliphatic rings. The minimum atomic E-state index is -0.0930. The number of amides is 1. The van der Waals surface area contributed by atoms with Crippen molar-refractivity contribution < 1.29 is 4.79 Å². The average molecular weight is 190 g/mol. The number of nitrogens with one attached hydrogen (secondary N) is 2. The third-order valence-electron chi connectivity index (χ3n) is 1.75. The molecule has 12 heavy (non-hydrogen) atoms. The van der Waals surface area contributed by atoms with Gasteiger partial charge in [-0.1, -0.05) is 6.92 Å². The quantitative estimate of drug-likeness (QED) is 0.662. The Morgan fingerprint density at radius 3 is 2.50 bits per heavy atom. The van der Waals surface area contributed by atoms with E-state index in [1.165, 1.54) is 0 Å². The summed E-state index contributed by atoms with van der Waals surface area (Å²) in [4.78, 5) is 11.0. The molecular weight excluding hydrogens is 172 g/mol. The normalized spacial score (nSPS) is 15.3. The molecule has 1 amide bonds. The molecule has 2 N–H and O–H groups in total. The molecule has 0 bridgehead atoms. The standard InChI is InChI=1S/C8H18N2OS/c1-6(12-4)5-10-7(2)8(11)9-3/h6-7,10H,5H2,1-4H3,(H,9,11). The summed E-state index contributed by atoms with van der Waals surface area (Å²) in [5, 5.41) is 6.30. The molecule has 0 aromatic rings. The first-order chi connectivity index (χ1) is 5.61. The van der Waals surface area contributed by atoms with Crippen molar-refractivity contribution in [3.63, 3.8) is 0 Å². The van der Waals surface area contributed by atoms with Gasteiger partial charge in [-0.25, -0.2) is 0 Å². The van der Waals surface area contributed by atoms with Crippen molar-refractivity contribution >= 4 is 17.7 Å². The third kappa shape index (κ3) is 4.62. The number of rotatable bonds is 5. The second-order valence-corrected chi connectivity index (χ2v) is 4.07. The molecule has 4 heteroatoms. The van der Waals surface area contributed by atoms with Crippen molar-refractivity contribution in [2.75, 3.05) is 19.8 Å². The molecule has 0 aromatic heterocycles. The van der Waals surface area contributed by atoms with Crippen LogP contribution in [0.3, 0.4) is 0 Å². The first kappa shape index (κ1) is 11.8. The Bertz CT molecular complexity index is 141. The van der Waals surface area contributed by atoms with Crippen molar-refractivity contribution in [2.45, 2.75) is 25.1 Å². The largest absolute Gasteiger partial charge is 0.358 e. The van der Waals surface area contributed by atoms with E-state index in [0.29, 0.717) is 5.25 Å². The highest BCUT2D eigenvalue weighted by molar-refractivity contribution is 7.99. The predicted octanol–water partition coefficient (Wildman–Crippen LogP) is 0.462. The Balaban J connectivity index is 3.56. The second-order valence-electron chi connectivity index (χ2n) is 2.79. The van der Waals surface area contributed by atoms with Crippen molar-refractivity contribution in [3.8, 4) is 0 Å². The molecule has 72 valence electrons. The van der Waals surface area contributed by atoms with Crippen molar-refractivity contribution in [1.82, 2.24) is 10.6 Å². The van der Waals surface area contributed by atoms with Gasteiger partial charge in [0.25, 0.3) is 0 Å². The third-order valence-corrected chi connectivity index (χ3v) is 2.72. The lowest BCUT2D eigenvalue weighted by Crippen LogP contribution is -2.42. The van der Waals surface area contributed by atoms with Gasteiger partial charge >= 0.3 is 0 Å². The molecule has 0 fully saturated rings. The zero-order valence-electron chi connectivity index (χ0n) is 8.18. The zero-order valence-corrected chi connectivity index (χ0v) is 8.99. The van der Waals surface area contributed by atoms with Crippen LogP contribution in [0.2, 0.25) is 0 Å². The molecule has 0 saturated heterocycles. The van der Waals surface area contributed by atoms with Gasteiger partial charge in [0.15, 0.2) is 0 Å². The predicted molar refractivity (Wildman–Crippen MR) is 54.5 cm³/mol. The monoisotopic (exact) mass is 190 g/mol. The second kappa shape index (κ2) is 6.31. The van der Waals surface area contributed by atoms with Gasteiger partial charge in [0.1, 0.15) is 0 Å². The van der Waals surface area contributed by atoms with Gasteiger partial charge in [0.05, 0.1) is 6.04 Å². The number of likely N-dealkylation sites (N-methyl/N-ethyl adjacent to an activating group) is 1. The molecule has 0 spiro atoms. The number of carbonyl (C=O) groups excluding carboxylic acids is 1. The lowest BCUT2D eigenvalue weighted by atomic mass is 10.3. The first-order valence-corrected chi connectivity index (χ1v) is 5.38. The Hall–Kier alpha value is -0.220. The van der Waals surface area contributed by atoms with Gasteiger partial charge in [-0.2, -0.15) is 11.8 Å². The van der Waals surface area contributed by atoms with Crippen LogP contribution in [0.15, 0.2) is 0 Å². The molecule has 0 saturated carbocycles. The Kier molecular flexibility index (Phi) is 6.20. The fourth-order valence-electron chi connectivity index (χ4n) is 0.735. The summed E-state index contributed by atoms with van der Waals surface area (Å²) in [6, 6.07) is -0.0930. The van der Waals surface area contributed by atoms with Gasteiger partial charge in [0.2, 0.25) is 5.91 Å². The number of carbonyl (C=O) groups is 1. The van der Waals surface area contributed by atoms with E-state index in [1.54, 1.807) is 18.8 Å². The molecule has 0 aromatic carbocycles. The van der Waals surface area contributed by atoms with Crippen LogP contribution in [-0.2, 0) is 4.79 Å². The molecule has 0 rings (SSSR count). The van der Waals surface area contributed by atoms with Gasteiger partial charge in [0, 0.05) is 18.8 Å². The fourth-order valence-corrected chi connectivity index (χ4v) is 0.998. The summed E-state index contributed by atoms with van der Waals surface area (Å²) >= 11 is 1.79. The van der Waals surface area contributed by atoms with Gasteiger partial charge in [-0.15, -0.1) is 0 Å². The smallest absolute Gasteiger partial charge is 0.236 e. The molecule has 0 radical (unpaired) electrons. The van der Waals surface area contributed by atoms with E-state index in [-0.39, 0.29) is 11.9 Å². The van der Waals surface area contributed by atoms with Crippen LogP contribution >= 0.6 is 11.8 Å². The van der Waals surface area contributed by atoms with E-state index < -0.39 is 0 Å². The fraction of sp³-hybridized carbons (Fsp3) is 0.875. The average Bonchev–Trinajstić information content (AvgIpc) is 2.11. The summed E-state index contributed by atoms with van der Waals surface area (Å²) in [7, 11) is 1.65. The minimum absolute atomic E-state index is 0.0447. The minimum Gasteiger partial charge on any atom is -0.358 e. The SMILES string of the molecule is CNC(=O)C(C)NCC(C)SC. The van der Waals surface area contributed by atoms with Crippen LogP contribution in [0.4, 0.5) is 0 Å². The van der Waals surface area contributed by atoms with E-state index in [0.717, 1.165) is 6.54 Å². The van der Waals surface area contributed by atoms with Crippen molar-refractivity contribution in [3.05, 3.63) is 0 Å². The molecule has 3 nitrogen and oxygen atoms in total. The molecular formula is C8H18N2OS. The van der Waals surface area contributed by atoms with E-state index in [9.17, 15) is 4.79 Å². The van der Waals surface area contributed by atoms with Crippen LogP contribution in [0.25, 0.3) is 0 Å². The zero-order chi connectivity index (χ0) is 9.56. The van der Waals surface area contributed by atoms with Gasteiger partial charge in [-0.3, -0.25) is 4.79 Å². The van der Waals surface area contributed by atoms with Crippen LogP contribution in [0, 0.1) is 0 Å². The number of thioether (sulfide) groups is 1. The highest BCUT2D eigenvalue weighted by Gasteiger charge is 2.10. The van der Waals surface area contributed by atoms with Gasteiger partial charge < -0.3 is 10.6 Å². The lowest BCUT2D eigenvalue weighted by Gasteiger charge is -2.14. The molecule has 2 unspecified atom stereocenters. The maximum atomic E-state index is 11.0. The number of hydrogen-bond donors (Lipinski definition) is 2. The van der Waals surface area contributed by atoms with Crippen LogP contribution in [0.1, 0.15) is 13.8 Å². The van der Waals surface area contributed by atoms with Crippen molar-refractivity contribution in [2.24, 2.45) is 0 Å². The maximum absolute atomic E-state index is 11.0.